The predicted octanol–water partition coefficient (Wildman–Crippen LogP) is 0.244. The normalized spacial score (nSPS) is 12.0. The Morgan fingerprint density at radius 3 is 2.67 bits per heavy atom. The van der Waals surface area contributed by atoms with E-state index in [-0.39, 0.29) is 17.7 Å². The lowest BCUT2D eigenvalue weighted by atomic mass is 10.3. The number of ether oxygens (including phenoxy) is 1. The Labute approximate surface area is 108 Å². The molecule has 0 saturated heterocycles. The molecule has 1 heterocycles. The van der Waals surface area contributed by atoms with E-state index in [4.69, 9.17) is 10.5 Å². The molecule has 0 aliphatic carbocycles. The lowest BCUT2D eigenvalue weighted by Crippen LogP contribution is -2.28. The van der Waals surface area contributed by atoms with E-state index < -0.39 is 10.0 Å². The van der Waals surface area contributed by atoms with Crippen LogP contribution in [0.25, 0.3) is 0 Å². The Balaban J connectivity index is 2.57. The second-order valence-corrected chi connectivity index (χ2v) is 5.74. The van der Waals surface area contributed by atoms with Crippen LogP contribution in [0.4, 0.5) is 0 Å². The first-order chi connectivity index (χ1) is 8.45. The average molecular weight is 273 g/mol. The molecule has 6 nitrogen and oxygen atoms in total. The van der Waals surface area contributed by atoms with Crippen LogP contribution in [0.2, 0.25) is 0 Å². The number of hydrogen-bond donors (Lipinski definition) is 2. The quantitative estimate of drug-likeness (QED) is 0.694. The summed E-state index contributed by atoms with van der Waals surface area (Å²) in [5, 5.41) is -0.00996. The summed E-state index contributed by atoms with van der Waals surface area (Å²) in [6.07, 6.45) is 1.54. The van der Waals surface area contributed by atoms with Gasteiger partial charge >= 0.3 is 0 Å². The van der Waals surface area contributed by atoms with E-state index in [9.17, 15) is 8.42 Å². The van der Waals surface area contributed by atoms with Gasteiger partial charge in [0.05, 0.1) is 12.7 Å². The van der Waals surface area contributed by atoms with Gasteiger partial charge in [0, 0.05) is 19.3 Å². The fourth-order valence-corrected chi connectivity index (χ4v) is 2.17. The van der Waals surface area contributed by atoms with Crippen LogP contribution in [0.5, 0.6) is 0 Å². The lowest BCUT2D eigenvalue weighted by Gasteiger charge is -2.09. The number of hydrogen-bond acceptors (Lipinski definition) is 5. The van der Waals surface area contributed by atoms with Gasteiger partial charge in [0.2, 0.25) is 0 Å². The number of sulfonamides is 1. The molecule has 0 aliphatic rings. The summed E-state index contributed by atoms with van der Waals surface area (Å²) in [6, 6.07) is 3.08. The van der Waals surface area contributed by atoms with E-state index in [1.807, 2.05) is 13.8 Å². The Morgan fingerprint density at radius 1 is 1.44 bits per heavy atom. The molecule has 0 spiro atoms. The minimum atomic E-state index is -3.57. The largest absolute Gasteiger partial charge is 0.377 e. The van der Waals surface area contributed by atoms with Crippen molar-refractivity contribution in [1.82, 2.24) is 9.71 Å². The third-order valence-electron chi connectivity index (χ3n) is 2.15. The van der Waals surface area contributed by atoms with Crippen molar-refractivity contribution in [2.45, 2.75) is 31.5 Å². The summed E-state index contributed by atoms with van der Waals surface area (Å²) in [7, 11) is -3.57. The smallest absolute Gasteiger partial charge is 0.258 e. The van der Waals surface area contributed by atoms with Crippen LogP contribution in [0.3, 0.4) is 0 Å². The third kappa shape index (κ3) is 4.69. The fourth-order valence-electron chi connectivity index (χ4n) is 1.24. The van der Waals surface area contributed by atoms with Crippen molar-refractivity contribution in [3.63, 3.8) is 0 Å². The Hall–Kier alpha value is -1.02. The van der Waals surface area contributed by atoms with Crippen molar-refractivity contribution in [1.29, 1.82) is 0 Å². The van der Waals surface area contributed by atoms with Crippen molar-refractivity contribution in [2.75, 3.05) is 13.2 Å². The molecule has 0 aromatic carbocycles. The molecule has 0 aliphatic heterocycles. The summed E-state index contributed by atoms with van der Waals surface area (Å²) in [5.74, 6) is 0. The van der Waals surface area contributed by atoms with Crippen LogP contribution in [-0.4, -0.2) is 32.7 Å². The van der Waals surface area contributed by atoms with Crippen molar-refractivity contribution < 1.29 is 13.2 Å². The molecule has 18 heavy (non-hydrogen) atoms. The van der Waals surface area contributed by atoms with E-state index in [0.717, 1.165) is 5.56 Å². The first-order valence-corrected chi connectivity index (χ1v) is 7.20. The van der Waals surface area contributed by atoms with E-state index in [1.165, 1.54) is 12.3 Å². The van der Waals surface area contributed by atoms with Gasteiger partial charge in [-0.2, -0.15) is 0 Å². The molecule has 0 saturated carbocycles. The average Bonchev–Trinajstić information content (AvgIpc) is 2.34. The Bertz CT molecular complexity index is 457. The van der Waals surface area contributed by atoms with Crippen LogP contribution in [-0.2, 0) is 21.3 Å². The highest BCUT2D eigenvalue weighted by Gasteiger charge is 2.14. The second-order valence-electron chi connectivity index (χ2n) is 4.03. The van der Waals surface area contributed by atoms with Crippen LogP contribution in [0.1, 0.15) is 19.4 Å². The van der Waals surface area contributed by atoms with Crippen LogP contribution >= 0.6 is 0 Å². The van der Waals surface area contributed by atoms with Gasteiger partial charge in [0.25, 0.3) is 10.0 Å². The molecule has 1 rings (SSSR count). The van der Waals surface area contributed by atoms with Crippen molar-refractivity contribution in [3.05, 3.63) is 23.9 Å². The minimum absolute atomic E-state index is 0.00996. The molecule has 0 bridgehead atoms. The summed E-state index contributed by atoms with van der Waals surface area (Å²) >= 11 is 0. The summed E-state index contributed by atoms with van der Waals surface area (Å²) in [5.41, 5.74) is 6.20. The molecule has 0 radical (unpaired) electrons. The maximum absolute atomic E-state index is 11.8. The molecule has 0 fully saturated rings. The van der Waals surface area contributed by atoms with E-state index in [1.54, 1.807) is 6.07 Å². The highest BCUT2D eigenvalue weighted by Crippen LogP contribution is 2.05. The van der Waals surface area contributed by atoms with Gasteiger partial charge in [0.1, 0.15) is 0 Å². The monoisotopic (exact) mass is 273 g/mol. The van der Waals surface area contributed by atoms with Gasteiger partial charge in [-0.1, -0.05) is 6.07 Å². The summed E-state index contributed by atoms with van der Waals surface area (Å²) < 4.78 is 31.3. The Morgan fingerprint density at radius 2 is 2.17 bits per heavy atom. The van der Waals surface area contributed by atoms with E-state index in [2.05, 4.69) is 9.71 Å². The predicted molar refractivity (Wildman–Crippen MR) is 68.4 cm³/mol. The van der Waals surface area contributed by atoms with Gasteiger partial charge < -0.3 is 10.5 Å². The number of nitrogens with two attached hydrogens (primary N) is 1. The summed E-state index contributed by atoms with van der Waals surface area (Å²) in [6.45, 7) is 4.67. The number of nitrogens with one attached hydrogen (secondary N) is 1. The zero-order chi connectivity index (χ0) is 13.6. The molecule has 7 heteroatoms. The van der Waals surface area contributed by atoms with E-state index in [0.29, 0.717) is 13.2 Å². The van der Waals surface area contributed by atoms with Gasteiger partial charge in [-0.05, 0) is 25.5 Å². The molecule has 1 aromatic rings. The van der Waals surface area contributed by atoms with Crippen LogP contribution in [0.15, 0.2) is 23.4 Å². The molecular weight excluding hydrogens is 254 g/mol. The van der Waals surface area contributed by atoms with Gasteiger partial charge in [-0.25, -0.2) is 18.1 Å². The standard InChI is InChI=1S/C11H19N3O3S/c1-9(2)17-6-5-14-18(15,16)11-4-3-10(7-12)8-13-11/h3-4,8-9,14H,5-7,12H2,1-2H3. The zero-order valence-electron chi connectivity index (χ0n) is 10.6. The van der Waals surface area contributed by atoms with Crippen LogP contribution in [0, 0.1) is 0 Å². The molecular formula is C11H19N3O3S. The van der Waals surface area contributed by atoms with Gasteiger partial charge in [-0.3, -0.25) is 0 Å². The highest BCUT2D eigenvalue weighted by molar-refractivity contribution is 7.89. The van der Waals surface area contributed by atoms with Crippen LogP contribution < -0.4 is 10.5 Å². The minimum Gasteiger partial charge on any atom is -0.377 e. The number of nitrogens with zero attached hydrogens (tertiary/aromatic N) is 1. The molecule has 3 N–H and O–H groups in total. The fraction of sp³-hybridized carbons (Fsp3) is 0.545. The SMILES string of the molecule is CC(C)OCCNS(=O)(=O)c1ccc(CN)cn1. The van der Waals surface area contributed by atoms with Crippen molar-refractivity contribution in [3.8, 4) is 0 Å². The molecule has 0 atom stereocenters. The first kappa shape index (κ1) is 15.0. The maximum atomic E-state index is 11.8. The van der Waals surface area contributed by atoms with Gasteiger partial charge in [-0.15, -0.1) is 0 Å². The summed E-state index contributed by atoms with van der Waals surface area (Å²) in [4.78, 5) is 3.86. The zero-order valence-corrected chi connectivity index (χ0v) is 11.4. The molecule has 1 aromatic heterocycles. The number of aromatic nitrogens is 1. The van der Waals surface area contributed by atoms with Gasteiger partial charge in [0.15, 0.2) is 5.03 Å². The van der Waals surface area contributed by atoms with Crippen molar-refractivity contribution in [2.24, 2.45) is 5.73 Å². The lowest BCUT2D eigenvalue weighted by molar-refractivity contribution is 0.0834. The van der Waals surface area contributed by atoms with Crippen molar-refractivity contribution >= 4 is 10.0 Å². The highest BCUT2D eigenvalue weighted by atomic mass is 32.2. The first-order valence-electron chi connectivity index (χ1n) is 5.72. The number of rotatable bonds is 7. The second kappa shape index (κ2) is 6.79. The van der Waals surface area contributed by atoms with E-state index >= 15 is 0 Å². The number of pyridine rings is 1. The third-order valence-corrected chi connectivity index (χ3v) is 3.53. The molecule has 102 valence electrons. The topological polar surface area (TPSA) is 94.3 Å². The Kier molecular flexibility index (Phi) is 5.67. The molecule has 0 unspecified atom stereocenters. The molecule has 0 amide bonds. The maximum Gasteiger partial charge on any atom is 0.258 e.